The molecule has 0 unspecified atom stereocenters. The molecule has 0 saturated carbocycles. The van der Waals surface area contributed by atoms with Crippen molar-refractivity contribution in [3.63, 3.8) is 0 Å². The third kappa shape index (κ3) is 2.50. The highest BCUT2D eigenvalue weighted by atomic mass is 32.1. The molecule has 0 spiro atoms. The number of hydrogen-bond acceptors (Lipinski definition) is 3. The Bertz CT molecular complexity index is 814. The summed E-state index contributed by atoms with van der Waals surface area (Å²) in [5, 5.41) is 3.28. The second-order valence-electron chi connectivity index (χ2n) is 6.98. The molecule has 1 atom stereocenters. The lowest BCUT2D eigenvalue weighted by Crippen LogP contribution is -2.45. The Labute approximate surface area is 156 Å². The molecule has 1 aromatic heterocycles. The van der Waals surface area contributed by atoms with Crippen LogP contribution >= 0.6 is 12.2 Å². The largest absolute Gasteiger partial charge is 0.333 e. The molecule has 0 fully saturated rings. The van der Waals surface area contributed by atoms with E-state index in [1.54, 1.807) is 0 Å². The SMILES string of the molecule is CCC1(CC)C=C(C=S)n2c3c(c4ccccc42)CCN(C)[C@H]31.CN. The summed E-state index contributed by atoms with van der Waals surface area (Å²) in [7, 11) is 3.78. The zero-order chi connectivity index (χ0) is 18.2. The summed E-state index contributed by atoms with van der Waals surface area (Å²) in [6.45, 7) is 5.77. The first-order valence-corrected chi connectivity index (χ1v) is 9.72. The Morgan fingerprint density at radius 2 is 1.92 bits per heavy atom. The van der Waals surface area contributed by atoms with Crippen LogP contribution in [0.15, 0.2) is 30.3 Å². The van der Waals surface area contributed by atoms with E-state index >= 15 is 0 Å². The third-order valence-electron chi connectivity index (χ3n) is 6.11. The second kappa shape index (κ2) is 7.02. The van der Waals surface area contributed by atoms with Crippen molar-refractivity contribution in [1.29, 1.82) is 0 Å². The number of benzene rings is 1. The Morgan fingerprint density at radius 3 is 2.56 bits per heavy atom. The Hall–Kier alpha value is -1.49. The molecular weight excluding hydrogens is 326 g/mol. The number of rotatable bonds is 3. The van der Waals surface area contributed by atoms with Crippen LogP contribution in [-0.4, -0.2) is 35.5 Å². The van der Waals surface area contributed by atoms with Gasteiger partial charge in [-0.05, 0) is 45.0 Å². The van der Waals surface area contributed by atoms with Crippen molar-refractivity contribution in [2.24, 2.45) is 11.1 Å². The van der Waals surface area contributed by atoms with Crippen LogP contribution in [0.3, 0.4) is 0 Å². The minimum absolute atomic E-state index is 0.180. The van der Waals surface area contributed by atoms with Crippen LogP contribution in [-0.2, 0) is 6.42 Å². The fourth-order valence-corrected chi connectivity index (χ4v) is 5.03. The molecule has 1 aromatic carbocycles. The van der Waals surface area contributed by atoms with Gasteiger partial charge < -0.3 is 10.3 Å². The van der Waals surface area contributed by atoms with E-state index < -0.39 is 0 Å². The van der Waals surface area contributed by atoms with Gasteiger partial charge in [0.05, 0.1) is 17.3 Å². The predicted molar refractivity (Wildman–Crippen MR) is 112 cm³/mol. The summed E-state index contributed by atoms with van der Waals surface area (Å²) in [5.41, 5.74) is 10.2. The Balaban J connectivity index is 0.000000880. The van der Waals surface area contributed by atoms with E-state index in [1.807, 2.05) is 5.37 Å². The fourth-order valence-electron chi connectivity index (χ4n) is 4.86. The van der Waals surface area contributed by atoms with Crippen molar-refractivity contribution < 1.29 is 0 Å². The molecule has 4 heteroatoms. The second-order valence-corrected chi connectivity index (χ2v) is 7.21. The number of nitrogens with zero attached hydrogens (tertiary/aromatic N) is 2. The summed E-state index contributed by atoms with van der Waals surface area (Å²) in [6.07, 6.45) is 5.87. The molecule has 25 heavy (non-hydrogen) atoms. The van der Waals surface area contributed by atoms with Gasteiger partial charge in [-0.15, -0.1) is 0 Å². The van der Waals surface area contributed by atoms with Crippen LogP contribution in [0.25, 0.3) is 16.6 Å². The van der Waals surface area contributed by atoms with Crippen molar-refractivity contribution in [2.45, 2.75) is 39.2 Å². The van der Waals surface area contributed by atoms with Gasteiger partial charge in [0.1, 0.15) is 0 Å². The quantitative estimate of drug-likeness (QED) is 0.828. The molecule has 3 nitrogen and oxygen atoms in total. The highest BCUT2D eigenvalue weighted by Crippen LogP contribution is 2.53. The van der Waals surface area contributed by atoms with Gasteiger partial charge in [-0.3, -0.25) is 4.90 Å². The lowest BCUT2D eigenvalue weighted by Gasteiger charge is -2.48. The van der Waals surface area contributed by atoms with E-state index in [9.17, 15) is 0 Å². The van der Waals surface area contributed by atoms with E-state index in [4.69, 9.17) is 12.2 Å². The van der Waals surface area contributed by atoms with Gasteiger partial charge in [0.2, 0.25) is 0 Å². The number of thiocarbonyl (C=S) groups is 1. The Morgan fingerprint density at radius 1 is 1.24 bits per heavy atom. The van der Waals surface area contributed by atoms with Gasteiger partial charge in [-0.2, -0.15) is 0 Å². The van der Waals surface area contributed by atoms with E-state index in [0.29, 0.717) is 6.04 Å². The zero-order valence-corrected chi connectivity index (χ0v) is 16.6. The average Bonchev–Trinajstić information content (AvgIpc) is 3.01. The van der Waals surface area contributed by atoms with Gasteiger partial charge in [-0.1, -0.05) is 50.3 Å². The van der Waals surface area contributed by atoms with E-state index in [1.165, 1.54) is 34.9 Å². The molecular formula is C21H29N3S. The summed E-state index contributed by atoms with van der Waals surface area (Å²) >= 11 is 5.41. The number of fused-ring (bicyclic) bond motifs is 3. The van der Waals surface area contributed by atoms with Crippen molar-refractivity contribution in [3.05, 3.63) is 41.6 Å². The van der Waals surface area contributed by atoms with Crippen molar-refractivity contribution in [3.8, 4) is 0 Å². The highest BCUT2D eigenvalue weighted by molar-refractivity contribution is 7.79. The maximum Gasteiger partial charge on any atom is 0.0597 e. The summed E-state index contributed by atoms with van der Waals surface area (Å²) in [6, 6.07) is 9.26. The monoisotopic (exact) mass is 355 g/mol. The molecule has 2 N–H and O–H groups in total. The van der Waals surface area contributed by atoms with E-state index in [2.05, 4.69) is 66.4 Å². The number of nitrogens with two attached hydrogens (primary N) is 1. The molecule has 2 aliphatic heterocycles. The van der Waals surface area contributed by atoms with Gasteiger partial charge in [0.15, 0.2) is 0 Å². The fraction of sp³-hybridized carbons (Fsp3) is 0.476. The maximum atomic E-state index is 5.41. The third-order valence-corrected chi connectivity index (χ3v) is 6.35. The minimum atomic E-state index is 0.180. The molecule has 3 heterocycles. The van der Waals surface area contributed by atoms with Crippen LogP contribution in [0.4, 0.5) is 0 Å². The normalized spacial score (nSPS) is 21.2. The van der Waals surface area contributed by atoms with Crippen LogP contribution in [0.2, 0.25) is 0 Å². The van der Waals surface area contributed by atoms with Crippen LogP contribution < -0.4 is 5.73 Å². The molecule has 2 aromatic rings. The van der Waals surface area contributed by atoms with Crippen molar-refractivity contribution >= 4 is 34.2 Å². The number of aromatic nitrogens is 1. The number of para-hydroxylation sites is 1. The molecule has 0 bridgehead atoms. The molecule has 0 saturated heterocycles. The smallest absolute Gasteiger partial charge is 0.0597 e. The van der Waals surface area contributed by atoms with Gasteiger partial charge in [0, 0.05) is 28.4 Å². The molecule has 134 valence electrons. The zero-order valence-electron chi connectivity index (χ0n) is 15.7. The average molecular weight is 356 g/mol. The maximum absolute atomic E-state index is 5.41. The first kappa shape index (κ1) is 18.3. The number of allylic oxidation sites excluding steroid dienone is 1. The van der Waals surface area contributed by atoms with Crippen molar-refractivity contribution in [1.82, 2.24) is 9.47 Å². The lowest BCUT2D eigenvalue weighted by molar-refractivity contribution is 0.0945. The predicted octanol–water partition coefficient (Wildman–Crippen LogP) is 4.41. The number of hydrogen-bond donors (Lipinski definition) is 1. The molecule has 4 rings (SSSR count). The van der Waals surface area contributed by atoms with E-state index in [-0.39, 0.29) is 5.41 Å². The van der Waals surface area contributed by atoms with Crippen LogP contribution in [0.5, 0.6) is 0 Å². The first-order chi connectivity index (χ1) is 12.2. The van der Waals surface area contributed by atoms with Gasteiger partial charge >= 0.3 is 0 Å². The molecule has 0 aliphatic carbocycles. The van der Waals surface area contributed by atoms with E-state index in [0.717, 1.165) is 25.8 Å². The lowest BCUT2D eigenvalue weighted by atomic mass is 9.69. The van der Waals surface area contributed by atoms with Crippen LogP contribution in [0.1, 0.15) is 44.0 Å². The summed E-state index contributed by atoms with van der Waals surface area (Å²) in [4.78, 5) is 2.56. The van der Waals surface area contributed by atoms with Gasteiger partial charge in [0.25, 0.3) is 0 Å². The van der Waals surface area contributed by atoms with Gasteiger partial charge in [-0.25, -0.2) is 0 Å². The standard InChI is InChI=1S/C20H24N2S.CH5N/c1-4-20(5-2)12-14(13-23)22-17-9-7-6-8-15(17)16-10-11-21(3)19(20)18(16)22;1-2/h6-9,12-13,19H,4-5,10-11H2,1-3H3;2H2,1H3/t19-;/m1./s1. The molecule has 0 amide bonds. The topological polar surface area (TPSA) is 34.2 Å². The minimum Gasteiger partial charge on any atom is -0.333 e. The summed E-state index contributed by atoms with van der Waals surface area (Å²) in [5.74, 6) is 0. The highest BCUT2D eigenvalue weighted by Gasteiger charge is 2.46. The number of likely N-dealkylation sites (N-methyl/N-ethyl adjacent to an activating group) is 1. The summed E-state index contributed by atoms with van der Waals surface area (Å²) < 4.78 is 2.43. The Kier molecular flexibility index (Phi) is 5.14. The van der Waals surface area contributed by atoms with Crippen molar-refractivity contribution in [2.75, 3.05) is 20.6 Å². The molecule has 0 radical (unpaired) electrons. The first-order valence-electron chi connectivity index (χ1n) is 9.25. The van der Waals surface area contributed by atoms with Crippen LogP contribution in [0, 0.1) is 5.41 Å². The molecule has 2 aliphatic rings.